The normalized spacial score (nSPS) is 18.0. The van der Waals surface area contributed by atoms with Crippen molar-refractivity contribution in [1.29, 1.82) is 0 Å². The standard InChI is InChI=1S/C27H32FNO3/c1-26(2,3)32-25(30)12-15-29-16-13-27(14-17-29)19-31-24-18-21(8-11-23(24)27)5-4-20-6-9-22(28)10-7-20/h4-11,18H,12-17,19H2,1-3H3. The lowest BCUT2D eigenvalue weighted by Crippen LogP contribution is -2.44. The average molecular weight is 438 g/mol. The van der Waals surface area contributed by atoms with Crippen LogP contribution in [0.4, 0.5) is 4.39 Å². The zero-order chi connectivity index (χ0) is 22.8. The van der Waals surface area contributed by atoms with E-state index in [-0.39, 0.29) is 17.2 Å². The van der Waals surface area contributed by atoms with Gasteiger partial charge < -0.3 is 14.4 Å². The van der Waals surface area contributed by atoms with Gasteiger partial charge in [0, 0.05) is 17.5 Å². The number of hydrogen-bond donors (Lipinski definition) is 0. The van der Waals surface area contributed by atoms with E-state index in [1.54, 1.807) is 12.1 Å². The van der Waals surface area contributed by atoms with Gasteiger partial charge in [-0.1, -0.05) is 36.4 Å². The molecule has 1 saturated heterocycles. The van der Waals surface area contributed by atoms with Crippen LogP contribution in [0.2, 0.25) is 0 Å². The van der Waals surface area contributed by atoms with Gasteiger partial charge in [-0.2, -0.15) is 0 Å². The van der Waals surface area contributed by atoms with E-state index in [9.17, 15) is 9.18 Å². The minimum atomic E-state index is -0.430. The first-order valence-electron chi connectivity index (χ1n) is 11.4. The van der Waals surface area contributed by atoms with Gasteiger partial charge in [0.15, 0.2) is 0 Å². The van der Waals surface area contributed by atoms with Gasteiger partial charge in [0.2, 0.25) is 0 Å². The van der Waals surface area contributed by atoms with E-state index in [0.717, 1.165) is 49.4 Å². The minimum Gasteiger partial charge on any atom is -0.492 e. The highest BCUT2D eigenvalue weighted by molar-refractivity contribution is 5.71. The first-order valence-corrected chi connectivity index (χ1v) is 11.4. The van der Waals surface area contributed by atoms with Crippen molar-refractivity contribution in [3.8, 4) is 5.75 Å². The molecule has 2 aliphatic heterocycles. The summed E-state index contributed by atoms with van der Waals surface area (Å²) >= 11 is 0. The monoisotopic (exact) mass is 437 g/mol. The minimum absolute atomic E-state index is 0.0664. The summed E-state index contributed by atoms with van der Waals surface area (Å²) in [6.45, 7) is 9.07. The molecule has 170 valence electrons. The Morgan fingerprint density at radius 3 is 2.44 bits per heavy atom. The fraction of sp³-hybridized carbons (Fsp3) is 0.444. The molecule has 0 bridgehead atoms. The zero-order valence-corrected chi connectivity index (χ0v) is 19.2. The van der Waals surface area contributed by atoms with Crippen LogP contribution >= 0.6 is 0 Å². The van der Waals surface area contributed by atoms with Gasteiger partial charge in [0.1, 0.15) is 17.2 Å². The fourth-order valence-corrected chi connectivity index (χ4v) is 4.52. The molecule has 5 heteroatoms. The second-order valence-electron chi connectivity index (χ2n) is 9.89. The van der Waals surface area contributed by atoms with E-state index in [1.807, 2.05) is 32.9 Å². The molecule has 2 aliphatic rings. The number of rotatable bonds is 5. The summed E-state index contributed by atoms with van der Waals surface area (Å²) in [6.07, 6.45) is 6.50. The summed E-state index contributed by atoms with van der Waals surface area (Å²) in [5.41, 5.74) is 2.96. The van der Waals surface area contributed by atoms with Crippen molar-refractivity contribution in [2.45, 2.75) is 51.0 Å². The third kappa shape index (κ3) is 5.39. The number of fused-ring (bicyclic) bond motifs is 2. The van der Waals surface area contributed by atoms with Gasteiger partial charge in [0.05, 0.1) is 13.0 Å². The third-order valence-corrected chi connectivity index (χ3v) is 6.28. The molecular weight excluding hydrogens is 405 g/mol. The molecule has 2 heterocycles. The second kappa shape index (κ2) is 9.07. The van der Waals surface area contributed by atoms with Crippen LogP contribution in [0.1, 0.15) is 56.7 Å². The Bertz CT molecular complexity index is 983. The highest BCUT2D eigenvalue weighted by Crippen LogP contribution is 2.46. The molecule has 0 N–H and O–H groups in total. The largest absolute Gasteiger partial charge is 0.492 e. The number of carbonyl (C=O) groups excluding carboxylic acids is 1. The maximum atomic E-state index is 13.1. The van der Waals surface area contributed by atoms with Crippen LogP contribution in [-0.2, 0) is 14.9 Å². The van der Waals surface area contributed by atoms with E-state index < -0.39 is 5.60 Å². The van der Waals surface area contributed by atoms with Crippen LogP contribution < -0.4 is 4.74 Å². The second-order valence-corrected chi connectivity index (χ2v) is 9.89. The Morgan fingerprint density at radius 2 is 1.75 bits per heavy atom. The number of nitrogens with zero attached hydrogens (tertiary/aromatic N) is 1. The molecule has 0 amide bonds. The Kier molecular flexibility index (Phi) is 6.38. The van der Waals surface area contributed by atoms with Crippen molar-refractivity contribution in [3.05, 3.63) is 65.0 Å². The van der Waals surface area contributed by atoms with E-state index >= 15 is 0 Å². The van der Waals surface area contributed by atoms with E-state index in [0.29, 0.717) is 13.0 Å². The summed E-state index contributed by atoms with van der Waals surface area (Å²) in [4.78, 5) is 14.4. The molecule has 4 rings (SSSR count). The maximum absolute atomic E-state index is 13.1. The Hall–Kier alpha value is -2.66. The quantitative estimate of drug-likeness (QED) is 0.460. The van der Waals surface area contributed by atoms with Crippen molar-refractivity contribution >= 4 is 18.1 Å². The number of halogens is 1. The van der Waals surface area contributed by atoms with E-state index in [4.69, 9.17) is 9.47 Å². The maximum Gasteiger partial charge on any atom is 0.307 e. The number of ether oxygens (including phenoxy) is 2. The van der Waals surface area contributed by atoms with Crippen LogP contribution in [-0.4, -0.2) is 42.7 Å². The number of carbonyl (C=O) groups is 1. The Morgan fingerprint density at radius 1 is 1.09 bits per heavy atom. The molecule has 2 aromatic carbocycles. The molecule has 0 unspecified atom stereocenters. The van der Waals surface area contributed by atoms with Crippen molar-refractivity contribution in [2.24, 2.45) is 0 Å². The number of likely N-dealkylation sites (tertiary alicyclic amines) is 1. The van der Waals surface area contributed by atoms with Crippen LogP contribution in [0.3, 0.4) is 0 Å². The first kappa shape index (κ1) is 22.5. The van der Waals surface area contributed by atoms with Crippen molar-refractivity contribution in [1.82, 2.24) is 4.90 Å². The molecule has 0 saturated carbocycles. The van der Waals surface area contributed by atoms with E-state index in [1.165, 1.54) is 17.7 Å². The lowest BCUT2D eigenvalue weighted by atomic mass is 9.74. The SMILES string of the molecule is CC(C)(C)OC(=O)CCN1CCC2(CC1)COc1cc(C=Cc3ccc(F)cc3)ccc12. The Balaban J connectivity index is 1.34. The summed E-state index contributed by atoms with van der Waals surface area (Å²) in [5, 5.41) is 0. The molecule has 0 radical (unpaired) electrons. The lowest BCUT2D eigenvalue weighted by Gasteiger charge is -2.38. The highest BCUT2D eigenvalue weighted by Gasteiger charge is 2.43. The first-order chi connectivity index (χ1) is 15.2. The van der Waals surface area contributed by atoms with Gasteiger partial charge in [-0.15, -0.1) is 0 Å². The predicted octanol–water partition coefficient (Wildman–Crippen LogP) is 5.45. The fourth-order valence-electron chi connectivity index (χ4n) is 4.52. The zero-order valence-electron chi connectivity index (χ0n) is 19.2. The number of esters is 1. The molecule has 1 spiro atoms. The number of hydrogen-bond acceptors (Lipinski definition) is 4. The Labute approximate surface area is 190 Å². The van der Waals surface area contributed by atoms with Gasteiger partial charge in [-0.3, -0.25) is 4.79 Å². The topological polar surface area (TPSA) is 38.8 Å². The molecule has 0 atom stereocenters. The molecular formula is C27H32FNO3. The summed E-state index contributed by atoms with van der Waals surface area (Å²) in [5.74, 6) is 0.608. The van der Waals surface area contributed by atoms with Crippen LogP contribution in [0, 0.1) is 5.82 Å². The van der Waals surface area contributed by atoms with Gasteiger partial charge in [-0.05, 0) is 76.0 Å². The molecule has 0 aromatic heterocycles. The van der Waals surface area contributed by atoms with Gasteiger partial charge in [0.25, 0.3) is 0 Å². The average Bonchev–Trinajstić information content (AvgIpc) is 3.09. The smallest absolute Gasteiger partial charge is 0.307 e. The number of piperidine rings is 1. The summed E-state index contributed by atoms with van der Waals surface area (Å²) in [6, 6.07) is 12.9. The van der Waals surface area contributed by atoms with Crippen LogP contribution in [0.5, 0.6) is 5.75 Å². The van der Waals surface area contributed by atoms with Crippen molar-refractivity contribution in [2.75, 3.05) is 26.2 Å². The van der Waals surface area contributed by atoms with Gasteiger partial charge >= 0.3 is 5.97 Å². The lowest BCUT2D eigenvalue weighted by molar-refractivity contribution is -0.155. The summed E-state index contributed by atoms with van der Waals surface area (Å²) < 4.78 is 24.6. The van der Waals surface area contributed by atoms with Gasteiger partial charge in [-0.25, -0.2) is 4.39 Å². The van der Waals surface area contributed by atoms with Crippen LogP contribution in [0.15, 0.2) is 42.5 Å². The van der Waals surface area contributed by atoms with Crippen molar-refractivity contribution in [3.63, 3.8) is 0 Å². The predicted molar refractivity (Wildman–Crippen MR) is 125 cm³/mol. The molecule has 2 aromatic rings. The molecule has 1 fully saturated rings. The van der Waals surface area contributed by atoms with E-state index in [2.05, 4.69) is 23.1 Å². The molecule has 0 aliphatic carbocycles. The third-order valence-electron chi connectivity index (χ3n) is 6.28. The summed E-state index contributed by atoms with van der Waals surface area (Å²) in [7, 11) is 0. The molecule has 4 nitrogen and oxygen atoms in total. The number of benzene rings is 2. The van der Waals surface area contributed by atoms with Crippen molar-refractivity contribution < 1.29 is 18.7 Å². The highest BCUT2D eigenvalue weighted by atomic mass is 19.1. The molecule has 32 heavy (non-hydrogen) atoms. The van der Waals surface area contributed by atoms with Crippen LogP contribution in [0.25, 0.3) is 12.2 Å².